The molecule has 0 unspecified atom stereocenters. The third kappa shape index (κ3) is 2.37. The number of nitrogens with zero attached hydrogens (tertiary/aromatic N) is 3. The fourth-order valence-corrected chi connectivity index (χ4v) is 5.60. The molecule has 0 spiro atoms. The lowest BCUT2D eigenvalue weighted by Crippen LogP contribution is -2.50. The largest absolute Gasteiger partial charge is 0.370 e. The van der Waals surface area contributed by atoms with E-state index in [2.05, 4.69) is 42.4 Å². The maximum Gasteiger partial charge on any atom is 0.216 e. The highest BCUT2D eigenvalue weighted by molar-refractivity contribution is 6.82. The monoisotopic (exact) mass is 223 g/mol. The van der Waals surface area contributed by atoms with Crippen molar-refractivity contribution in [3.63, 3.8) is 0 Å². The van der Waals surface area contributed by atoms with E-state index in [-0.39, 0.29) is 0 Å². The molecule has 0 aliphatic rings. The Morgan fingerprint density at radius 1 is 1.07 bits per heavy atom. The first-order valence-corrected chi connectivity index (χ1v) is 8.28. The van der Waals surface area contributed by atoms with Gasteiger partial charge in [0.15, 0.2) is 8.24 Å². The first-order valence-electron chi connectivity index (χ1n) is 5.71. The molecular formula is C11H21N3Si. The SMILES string of the molecule is CC[Si](CC)(CC)N(C)c1ncccn1. The Kier molecular flexibility index (Phi) is 4.26. The van der Waals surface area contributed by atoms with Gasteiger partial charge in [-0.1, -0.05) is 20.8 Å². The Hall–Kier alpha value is -0.903. The number of hydrogen-bond donors (Lipinski definition) is 0. The van der Waals surface area contributed by atoms with Crippen molar-refractivity contribution in [3.8, 4) is 0 Å². The molecule has 0 saturated heterocycles. The summed E-state index contributed by atoms with van der Waals surface area (Å²) in [6.07, 6.45) is 3.64. The van der Waals surface area contributed by atoms with Gasteiger partial charge in [0, 0.05) is 19.4 Å². The molecule has 84 valence electrons. The minimum Gasteiger partial charge on any atom is -0.370 e. The Labute approximate surface area is 93.6 Å². The Morgan fingerprint density at radius 3 is 1.93 bits per heavy atom. The maximum absolute atomic E-state index is 4.34. The lowest BCUT2D eigenvalue weighted by Gasteiger charge is -2.37. The predicted octanol–water partition coefficient (Wildman–Crippen LogP) is 2.92. The molecule has 1 heterocycles. The van der Waals surface area contributed by atoms with E-state index in [4.69, 9.17) is 0 Å². The van der Waals surface area contributed by atoms with Crippen molar-refractivity contribution < 1.29 is 0 Å². The zero-order valence-corrected chi connectivity index (χ0v) is 11.2. The van der Waals surface area contributed by atoms with Gasteiger partial charge in [-0.2, -0.15) is 0 Å². The van der Waals surface area contributed by atoms with E-state index >= 15 is 0 Å². The molecule has 0 fully saturated rings. The maximum atomic E-state index is 4.34. The Bertz CT molecular complexity index is 277. The quantitative estimate of drug-likeness (QED) is 0.719. The van der Waals surface area contributed by atoms with Crippen molar-refractivity contribution in [2.24, 2.45) is 0 Å². The molecule has 1 rings (SSSR count). The molecule has 0 aromatic carbocycles. The molecule has 1 aromatic heterocycles. The van der Waals surface area contributed by atoms with Gasteiger partial charge < -0.3 is 4.57 Å². The standard InChI is InChI=1S/C11H21N3Si/c1-5-15(6-2,7-3)14(4)11-12-9-8-10-13-11/h8-10H,5-7H2,1-4H3. The van der Waals surface area contributed by atoms with Crippen LogP contribution in [0.25, 0.3) is 0 Å². The summed E-state index contributed by atoms with van der Waals surface area (Å²) in [7, 11) is 0.798. The van der Waals surface area contributed by atoms with Crippen LogP contribution in [0.4, 0.5) is 5.95 Å². The van der Waals surface area contributed by atoms with Crippen LogP contribution in [0.15, 0.2) is 18.5 Å². The lowest BCUT2D eigenvalue weighted by molar-refractivity contribution is 1.00. The van der Waals surface area contributed by atoms with Crippen molar-refractivity contribution in [1.82, 2.24) is 9.97 Å². The molecule has 0 saturated carbocycles. The number of aromatic nitrogens is 2. The lowest BCUT2D eigenvalue weighted by atomic mass is 10.7. The molecule has 0 N–H and O–H groups in total. The van der Waals surface area contributed by atoms with Crippen LogP contribution in [0, 0.1) is 0 Å². The highest BCUT2D eigenvalue weighted by Gasteiger charge is 2.33. The molecule has 1 aromatic rings. The highest BCUT2D eigenvalue weighted by atomic mass is 28.3. The van der Waals surface area contributed by atoms with Crippen LogP contribution in [0.2, 0.25) is 18.1 Å². The van der Waals surface area contributed by atoms with Gasteiger partial charge in [-0.05, 0) is 24.2 Å². The fourth-order valence-electron chi connectivity index (χ4n) is 2.14. The molecule has 0 radical (unpaired) electrons. The van der Waals surface area contributed by atoms with E-state index in [1.807, 2.05) is 18.5 Å². The van der Waals surface area contributed by atoms with E-state index < -0.39 is 8.24 Å². The summed E-state index contributed by atoms with van der Waals surface area (Å²) in [5.41, 5.74) is 0. The molecule has 0 atom stereocenters. The smallest absolute Gasteiger partial charge is 0.216 e. The van der Waals surface area contributed by atoms with Crippen LogP contribution in [0.5, 0.6) is 0 Å². The van der Waals surface area contributed by atoms with Gasteiger partial charge in [-0.15, -0.1) is 0 Å². The van der Waals surface area contributed by atoms with Crippen LogP contribution in [-0.4, -0.2) is 25.3 Å². The van der Waals surface area contributed by atoms with Crippen LogP contribution >= 0.6 is 0 Å². The Balaban J connectivity index is 2.95. The van der Waals surface area contributed by atoms with Gasteiger partial charge in [-0.25, -0.2) is 9.97 Å². The van der Waals surface area contributed by atoms with E-state index in [0.29, 0.717) is 0 Å². The summed E-state index contributed by atoms with van der Waals surface area (Å²) in [5, 5.41) is 0. The zero-order valence-electron chi connectivity index (χ0n) is 10.2. The molecule has 0 aliphatic carbocycles. The summed E-state index contributed by atoms with van der Waals surface area (Å²) < 4.78 is 2.35. The number of hydrogen-bond acceptors (Lipinski definition) is 3. The summed E-state index contributed by atoms with van der Waals surface area (Å²) in [6.45, 7) is 6.87. The minimum absolute atomic E-state index is 0.884. The summed E-state index contributed by atoms with van der Waals surface area (Å²) in [4.78, 5) is 8.68. The third-order valence-electron chi connectivity index (χ3n) is 3.54. The van der Waals surface area contributed by atoms with Gasteiger partial charge in [0.2, 0.25) is 5.95 Å². The average Bonchev–Trinajstić information content (AvgIpc) is 2.33. The third-order valence-corrected chi connectivity index (χ3v) is 9.11. The second-order valence-electron chi connectivity index (χ2n) is 3.89. The van der Waals surface area contributed by atoms with E-state index in [1.54, 1.807) is 0 Å². The zero-order chi connectivity index (χ0) is 11.3. The van der Waals surface area contributed by atoms with Crippen molar-refractivity contribution in [2.75, 3.05) is 11.6 Å². The van der Waals surface area contributed by atoms with Crippen molar-refractivity contribution in [3.05, 3.63) is 18.5 Å². The summed E-state index contributed by atoms with van der Waals surface area (Å²) in [5.74, 6) is 0.884. The van der Waals surface area contributed by atoms with Gasteiger partial charge >= 0.3 is 0 Å². The van der Waals surface area contributed by atoms with Gasteiger partial charge in [0.1, 0.15) is 0 Å². The van der Waals surface area contributed by atoms with Crippen molar-refractivity contribution in [2.45, 2.75) is 38.9 Å². The molecule has 0 bridgehead atoms. The fraction of sp³-hybridized carbons (Fsp3) is 0.636. The second-order valence-corrected chi connectivity index (χ2v) is 9.13. The van der Waals surface area contributed by atoms with E-state index in [1.165, 1.54) is 18.1 Å². The van der Waals surface area contributed by atoms with Gasteiger partial charge in [0.05, 0.1) is 0 Å². The van der Waals surface area contributed by atoms with E-state index in [9.17, 15) is 0 Å². The Morgan fingerprint density at radius 2 is 1.53 bits per heavy atom. The van der Waals surface area contributed by atoms with Gasteiger partial charge in [-0.3, -0.25) is 0 Å². The van der Waals surface area contributed by atoms with Crippen molar-refractivity contribution >= 4 is 14.2 Å². The molecule has 15 heavy (non-hydrogen) atoms. The molecular weight excluding hydrogens is 202 g/mol. The number of rotatable bonds is 5. The molecule has 0 aliphatic heterocycles. The first kappa shape index (κ1) is 12.2. The highest BCUT2D eigenvalue weighted by Crippen LogP contribution is 2.26. The van der Waals surface area contributed by atoms with E-state index in [0.717, 1.165) is 5.95 Å². The average molecular weight is 223 g/mol. The van der Waals surface area contributed by atoms with Crippen LogP contribution in [-0.2, 0) is 0 Å². The van der Waals surface area contributed by atoms with Crippen molar-refractivity contribution in [1.29, 1.82) is 0 Å². The summed E-state index contributed by atoms with van der Waals surface area (Å²) >= 11 is 0. The normalized spacial score (nSPS) is 11.5. The van der Waals surface area contributed by atoms with Crippen LogP contribution < -0.4 is 4.57 Å². The molecule has 3 nitrogen and oxygen atoms in total. The first-order chi connectivity index (χ1) is 7.20. The number of anilines is 1. The predicted molar refractivity (Wildman–Crippen MR) is 67.6 cm³/mol. The molecule has 0 amide bonds. The van der Waals surface area contributed by atoms with Gasteiger partial charge in [0.25, 0.3) is 0 Å². The van der Waals surface area contributed by atoms with Crippen LogP contribution in [0.3, 0.4) is 0 Å². The summed E-state index contributed by atoms with van der Waals surface area (Å²) in [6, 6.07) is 5.64. The molecule has 4 heteroatoms. The van der Waals surface area contributed by atoms with Crippen LogP contribution in [0.1, 0.15) is 20.8 Å². The topological polar surface area (TPSA) is 29.0 Å². The minimum atomic E-state index is -1.35. The second kappa shape index (κ2) is 5.26.